The molecular formula is C14H22N2O. The lowest BCUT2D eigenvalue weighted by atomic mass is 10.0. The molecule has 3 heteroatoms. The van der Waals surface area contributed by atoms with E-state index in [-0.39, 0.29) is 0 Å². The van der Waals surface area contributed by atoms with Gasteiger partial charge in [0.15, 0.2) is 0 Å². The second kappa shape index (κ2) is 5.63. The van der Waals surface area contributed by atoms with Crippen LogP contribution in [0.15, 0.2) is 12.1 Å². The molecule has 0 atom stereocenters. The van der Waals surface area contributed by atoms with Crippen molar-refractivity contribution in [2.75, 3.05) is 26.3 Å². The Morgan fingerprint density at radius 3 is 2.41 bits per heavy atom. The summed E-state index contributed by atoms with van der Waals surface area (Å²) in [6, 6.07) is 4.56. The predicted octanol–water partition coefficient (Wildman–Crippen LogP) is 1.95. The smallest absolute Gasteiger partial charge is 0.0608 e. The van der Waals surface area contributed by atoms with Gasteiger partial charge in [0, 0.05) is 19.6 Å². The number of hydrazine groups is 1. The van der Waals surface area contributed by atoms with E-state index in [0.717, 1.165) is 32.8 Å². The van der Waals surface area contributed by atoms with Crippen molar-refractivity contribution in [1.29, 1.82) is 0 Å². The maximum Gasteiger partial charge on any atom is 0.0608 e. The van der Waals surface area contributed by atoms with E-state index in [2.05, 4.69) is 43.3 Å². The van der Waals surface area contributed by atoms with Crippen LogP contribution in [0.1, 0.15) is 22.3 Å². The maximum absolute atomic E-state index is 5.33. The van der Waals surface area contributed by atoms with Crippen LogP contribution < -0.4 is 5.43 Å². The van der Waals surface area contributed by atoms with Crippen LogP contribution >= 0.6 is 0 Å². The largest absolute Gasteiger partial charge is 0.379 e. The number of ether oxygens (including phenoxy) is 1. The number of nitrogens with zero attached hydrogens (tertiary/aromatic N) is 1. The first-order chi connectivity index (χ1) is 8.16. The lowest BCUT2D eigenvalue weighted by molar-refractivity contribution is 0.0105. The Bertz CT molecular complexity index is 384. The van der Waals surface area contributed by atoms with E-state index in [1.807, 2.05) is 0 Å². The van der Waals surface area contributed by atoms with Crippen LogP contribution in [-0.4, -0.2) is 31.3 Å². The fourth-order valence-electron chi connectivity index (χ4n) is 2.13. The SMILES string of the molecule is Cc1cc(C)c(CNN2CCOCC2)cc1C. The molecule has 0 amide bonds. The highest BCUT2D eigenvalue weighted by atomic mass is 16.5. The van der Waals surface area contributed by atoms with Gasteiger partial charge in [0.2, 0.25) is 0 Å². The molecule has 94 valence electrons. The molecule has 0 aromatic heterocycles. The Labute approximate surface area is 104 Å². The zero-order chi connectivity index (χ0) is 12.3. The second-order valence-electron chi connectivity index (χ2n) is 4.80. The Balaban J connectivity index is 1.96. The van der Waals surface area contributed by atoms with Crippen molar-refractivity contribution < 1.29 is 4.74 Å². The van der Waals surface area contributed by atoms with Gasteiger partial charge in [0.1, 0.15) is 0 Å². The predicted molar refractivity (Wildman–Crippen MR) is 69.9 cm³/mol. The highest BCUT2D eigenvalue weighted by Gasteiger charge is 2.10. The number of hydrogen-bond acceptors (Lipinski definition) is 3. The topological polar surface area (TPSA) is 24.5 Å². The molecule has 0 saturated carbocycles. The van der Waals surface area contributed by atoms with Crippen LogP contribution in [0.25, 0.3) is 0 Å². The van der Waals surface area contributed by atoms with Crippen molar-refractivity contribution in [2.45, 2.75) is 27.3 Å². The van der Waals surface area contributed by atoms with Crippen molar-refractivity contribution in [3.8, 4) is 0 Å². The van der Waals surface area contributed by atoms with Gasteiger partial charge >= 0.3 is 0 Å². The van der Waals surface area contributed by atoms with Crippen LogP contribution in [0.3, 0.4) is 0 Å². The molecule has 0 unspecified atom stereocenters. The van der Waals surface area contributed by atoms with Crippen LogP contribution in [0.2, 0.25) is 0 Å². The van der Waals surface area contributed by atoms with Gasteiger partial charge in [-0.3, -0.25) is 5.43 Å². The van der Waals surface area contributed by atoms with Crippen LogP contribution in [-0.2, 0) is 11.3 Å². The summed E-state index contributed by atoms with van der Waals surface area (Å²) in [5.41, 5.74) is 8.98. The normalized spacial score (nSPS) is 17.4. The summed E-state index contributed by atoms with van der Waals surface area (Å²) in [7, 11) is 0. The number of morpholine rings is 1. The summed E-state index contributed by atoms with van der Waals surface area (Å²) in [4.78, 5) is 0. The van der Waals surface area contributed by atoms with E-state index >= 15 is 0 Å². The lowest BCUT2D eigenvalue weighted by Crippen LogP contribution is -2.45. The molecule has 3 nitrogen and oxygen atoms in total. The molecule has 0 aliphatic carbocycles. The minimum Gasteiger partial charge on any atom is -0.379 e. The summed E-state index contributed by atoms with van der Waals surface area (Å²) in [6.07, 6.45) is 0. The molecule has 1 N–H and O–H groups in total. The summed E-state index contributed by atoms with van der Waals surface area (Å²) in [5.74, 6) is 0. The van der Waals surface area contributed by atoms with Gasteiger partial charge in [0.05, 0.1) is 13.2 Å². The molecule has 1 heterocycles. The monoisotopic (exact) mass is 234 g/mol. The van der Waals surface area contributed by atoms with E-state index in [4.69, 9.17) is 4.74 Å². The lowest BCUT2D eigenvalue weighted by Gasteiger charge is -2.27. The molecule has 1 saturated heterocycles. The molecule has 1 aromatic rings. The first kappa shape index (κ1) is 12.6. The minimum atomic E-state index is 0.832. The van der Waals surface area contributed by atoms with Gasteiger partial charge in [-0.15, -0.1) is 0 Å². The van der Waals surface area contributed by atoms with E-state index in [0.29, 0.717) is 0 Å². The van der Waals surface area contributed by atoms with Gasteiger partial charge in [-0.1, -0.05) is 12.1 Å². The van der Waals surface area contributed by atoms with Crippen molar-refractivity contribution in [1.82, 2.24) is 10.4 Å². The maximum atomic E-state index is 5.33. The molecule has 2 rings (SSSR count). The number of aryl methyl sites for hydroxylation is 3. The van der Waals surface area contributed by atoms with Gasteiger partial charge in [-0.25, -0.2) is 5.01 Å². The van der Waals surface area contributed by atoms with E-state index in [1.54, 1.807) is 0 Å². The van der Waals surface area contributed by atoms with E-state index in [1.165, 1.54) is 22.3 Å². The fraction of sp³-hybridized carbons (Fsp3) is 0.571. The summed E-state index contributed by atoms with van der Waals surface area (Å²) in [5, 5.41) is 2.25. The fourth-order valence-corrected chi connectivity index (χ4v) is 2.13. The van der Waals surface area contributed by atoms with Crippen molar-refractivity contribution in [3.63, 3.8) is 0 Å². The highest BCUT2D eigenvalue weighted by molar-refractivity contribution is 5.36. The molecule has 1 aliphatic heterocycles. The highest BCUT2D eigenvalue weighted by Crippen LogP contribution is 2.15. The summed E-state index contributed by atoms with van der Waals surface area (Å²) >= 11 is 0. The standard InChI is InChI=1S/C14H22N2O/c1-11-8-13(3)14(9-12(11)2)10-15-16-4-6-17-7-5-16/h8-9,15H,4-7,10H2,1-3H3. The summed E-state index contributed by atoms with van der Waals surface area (Å²) < 4.78 is 5.33. The third-order valence-electron chi connectivity index (χ3n) is 3.46. The minimum absolute atomic E-state index is 0.832. The van der Waals surface area contributed by atoms with E-state index in [9.17, 15) is 0 Å². The molecule has 1 aliphatic rings. The first-order valence-corrected chi connectivity index (χ1v) is 6.30. The number of rotatable bonds is 3. The van der Waals surface area contributed by atoms with Crippen molar-refractivity contribution in [2.24, 2.45) is 0 Å². The molecule has 17 heavy (non-hydrogen) atoms. The zero-order valence-electron chi connectivity index (χ0n) is 11.0. The van der Waals surface area contributed by atoms with Crippen LogP contribution in [0.5, 0.6) is 0 Å². The van der Waals surface area contributed by atoms with E-state index < -0.39 is 0 Å². The van der Waals surface area contributed by atoms with Crippen LogP contribution in [0.4, 0.5) is 0 Å². The first-order valence-electron chi connectivity index (χ1n) is 6.30. The third kappa shape index (κ3) is 3.28. The molecule has 0 spiro atoms. The molecule has 1 aromatic carbocycles. The van der Waals surface area contributed by atoms with Gasteiger partial charge in [0.25, 0.3) is 0 Å². The number of benzene rings is 1. The molecular weight excluding hydrogens is 212 g/mol. The summed E-state index contributed by atoms with van der Waals surface area (Å²) in [6.45, 7) is 11.1. The Morgan fingerprint density at radius 1 is 1.06 bits per heavy atom. The third-order valence-corrected chi connectivity index (χ3v) is 3.46. The van der Waals surface area contributed by atoms with Gasteiger partial charge in [-0.2, -0.15) is 0 Å². The second-order valence-corrected chi connectivity index (χ2v) is 4.80. The molecule has 1 fully saturated rings. The Kier molecular flexibility index (Phi) is 4.15. The zero-order valence-corrected chi connectivity index (χ0v) is 11.0. The average Bonchev–Trinajstić information content (AvgIpc) is 2.33. The quantitative estimate of drug-likeness (QED) is 0.865. The average molecular weight is 234 g/mol. The van der Waals surface area contributed by atoms with Crippen LogP contribution in [0, 0.1) is 20.8 Å². The van der Waals surface area contributed by atoms with Gasteiger partial charge in [-0.05, 0) is 43.0 Å². The number of hydrogen-bond donors (Lipinski definition) is 1. The van der Waals surface area contributed by atoms with Gasteiger partial charge < -0.3 is 4.74 Å². The molecule has 0 radical (unpaired) electrons. The van der Waals surface area contributed by atoms with Crippen molar-refractivity contribution in [3.05, 3.63) is 34.4 Å². The van der Waals surface area contributed by atoms with Crippen molar-refractivity contribution >= 4 is 0 Å². The molecule has 0 bridgehead atoms. The number of nitrogens with one attached hydrogen (secondary N) is 1. The Morgan fingerprint density at radius 2 is 1.71 bits per heavy atom. The Hall–Kier alpha value is -0.900.